The Morgan fingerprint density at radius 1 is 1.26 bits per heavy atom. The molecule has 1 atom stereocenters. The standard InChI is InChI=1S/C15H19NO3/c1-9(2)13(15(18)19)16-14(17)12-8-4-6-10-5-3-7-11(10)12/h4,6,8-9,13H,3,5,7H2,1-2H3,(H,16,17)(H,18,19)/t13-/m1/s1. The molecule has 4 nitrogen and oxygen atoms in total. The van der Waals surface area contributed by atoms with Crippen molar-refractivity contribution in [2.24, 2.45) is 5.92 Å². The number of aryl methyl sites for hydroxylation is 1. The first kappa shape index (κ1) is 13.6. The van der Waals surface area contributed by atoms with E-state index in [9.17, 15) is 9.59 Å². The van der Waals surface area contributed by atoms with E-state index in [4.69, 9.17) is 5.11 Å². The van der Waals surface area contributed by atoms with Crippen LogP contribution >= 0.6 is 0 Å². The van der Waals surface area contributed by atoms with Gasteiger partial charge in [-0.25, -0.2) is 4.79 Å². The van der Waals surface area contributed by atoms with E-state index in [1.54, 1.807) is 19.9 Å². The molecule has 0 radical (unpaired) electrons. The van der Waals surface area contributed by atoms with E-state index in [0.29, 0.717) is 5.56 Å². The van der Waals surface area contributed by atoms with Gasteiger partial charge in [0, 0.05) is 5.56 Å². The second-order valence-electron chi connectivity index (χ2n) is 5.33. The molecule has 1 aromatic rings. The molecule has 0 aliphatic heterocycles. The number of aliphatic carboxylic acids is 1. The summed E-state index contributed by atoms with van der Waals surface area (Å²) in [5, 5.41) is 11.7. The lowest BCUT2D eigenvalue weighted by Crippen LogP contribution is -2.44. The molecule has 1 aliphatic rings. The van der Waals surface area contributed by atoms with Crippen LogP contribution in [-0.4, -0.2) is 23.0 Å². The van der Waals surface area contributed by atoms with Crippen molar-refractivity contribution >= 4 is 11.9 Å². The summed E-state index contributed by atoms with van der Waals surface area (Å²) in [6, 6.07) is 4.84. The Morgan fingerprint density at radius 3 is 2.63 bits per heavy atom. The third-order valence-electron chi connectivity index (χ3n) is 3.61. The lowest BCUT2D eigenvalue weighted by molar-refractivity contribution is -0.140. The molecular formula is C15H19NO3. The van der Waals surface area contributed by atoms with Gasteiger partial charge in [-0.15, -0.1) is 0 Å². The number of carboxylic acids is 1. The summed E-state index contributed by atoms with van der Waals surface area (Å²) >= 11 is 0. The summed E-state index contributed by atoms with van der Waals surface area (Å²) in [5.41, 5.74) is 2.92. The SMILES string of the molecule is CC(C)[C@@H](NC(=O)c1cccc2c1CCC2)C(=O)O. The first-order valence-corrected chi connectivity index (χ1v) is 6.65. The van der Waals surface area contributed by atoms with Gasteiger partial charge >= 0.3 is 5.97 Å². The number of hydrogen-bond donors (Lipinski definition) is 2. The lowest BCUT2D eigenvalue weighted by Gasteiger charge is -2.18. The quantitative estimate of drug-likeness (QED) is 0.871. The zero-order valence-electron chi connectivity index (χ0n) is 11.3. The minimum atomic E-state index is -0.990. The molecule has 0 bridgehead atoms. The van der Waals surface area contributed by atoms with Crippen LogP contribution < -0.4 is 5.32 Å². The Balaban J connectivity index is 2.21. The van der Waals surface area contributed by atoms with Crippen LogP contribution in [-0.2, 0) is 17.6 Å². The Bertz CT molecular complexity index is 508. The molecule has 1 amide bonds. The van der Waals surface area contributed by atoms with Gasteiger partial charge in [-0.3, -0.25) is 4.79 Å². The topological polar surface area (TPSA) is 66.4 Å². The van der Waals surface area contributed by atoms with Crippen LogP contribution in [0.1, 0.15) is 41.8 Å². The molecule has 0 spiro atoms. The highest BCUT2D eigenvalue weighted by molar-refractivity contribution is 5.98. The van der Waals surface area contributed by atoms with E-state index in [1.807, 2.05) is 12.1 Å². The van der Waals surface area contributed by atoms with Crippen LogP contribution in [0.2, 0.25) is 0 Å². The molecule has 1 aromatic carbocycles. The minimum Gasteiger partial charge on any atom is -0.480 e. The van der Waals surface area contributed by atoms with Crippen LogP contribution in [0, 0.1) is 5.92 Å². The molecule has 0 heterocycles. The molecular weight excluding hydrogens is 242 g/mol. The zero-order chi connectivity index (χ0) is 14.0. The molecule has 2 N–H and O–H groups in total. The van der Waals surface area contributed by atoms with Crippen molar-refractivity contribution in [1.82, 2.24) is 5.32 Å². The van der Waals surface area contributed by atoms with Gasteiger partial charge in [0.1, 0.15) is 6.04 Å². The summed E-state index contributed by atoms with van der Waals surface area (Å²) < 4.78 is 0. The zero-order valence-corrected chi connectivity index (χ0v) is 11.3. The highest BCUT2D eigenvalue weighted by Gasteiger charge is 2.26. The van der Waals surface area contributed by atoms with E-state index in [0.717, 1.165) is 24.8 Å². The number of hydrogen-bond acceptors (Lipinski definition) is 2. The Labute approximate surface area is 112 Å². The fourth-order valence-electron chi connectivity index (χ4n) is 2.56. The highest BCUT2D eigenvalue weighted by atomic mass is 16.4. The molecule has 102 valence electrons. The molecule has 19 heavy (non-hydrogen) atoms. The highest BCUT2D eigenvalue weighted by Crippen LogP contribution is 2.25. The van der Waals surface area contributed by atoms with E-state index >= 15 is 0 Å². The first-order valence-electron chi connectivity index (χ1n) is 6.65. The van der Waals surface area contributed by atoms with Gasteiger partial charge in [-0.1, -0.05) is 26.0 Å². The summed E-state index contributed by atoms with van der Waals surface area (Å²) in [7, 11) is 0. The van der Waals surface area contributed by atoms with Gasteiger partial charge < -0.3 is 10.4 Å². The molecule has 1 aliphatic carbocycles. The van der Waals surface area contributed by atoms with Gasteiger partial charge in [-0.2, -0.15) is 0 Å². The van der Waals surface area contributed by atoms with Gasteiger partial charge in [0.25, 0.3) is 5.91 Å². The maximum absolute atomic E-state index is 12.2. The maximum atomic E-state index is 12.2. The average Bonchev–Trinajstić information content (AvgIpc) is 2.82. The number of carbonyl (C=O) groups excluding carboxylic acids is 1. The first-order chi connectivity index (χ1) is 9.00. The third kappa shape index (κ3) is 2.78. The van der Waals surface area contributed by atoms with Crippen LogP contribution in [0.25, 0.3) is 0 Å². The molecule has 0 saturated carbocycles. The summed E-state index contributed by atoms with van der Waals surface area (Å²) in [6.07, 6.45) is 2.97. The average molecular weight is 261 g/mol. The Hall–Kier alpha value is -1.84. The van der Waals surface area contributed by atoms with Crippen molar-refractivity contribution in [2.45, 2.75) is 39.2 Å². The predicted octanol–water partition coefficient (Wildman–Crippen LogP) is 2.01. The molecule has 2 rings (SSSR count). The van der Waals surface area contributed by atoms with Crippen molar-refractivity contribution in [2.75, 3.05) is 0 Å². The smallest absolute Gasteiger partial charge is 0.326 e. The van der Waals surface area contributed by atoms with Crippen LogP contribution in [0.3, 0.4) is 0 Å². The van der Waals surface area contributed by atoms with E-state index in [1.165, 1.54) is 5.56 Å². The maximum Gasteiger partial charge on any atom is 0.326 e. The van der Waals surface area contributed by atoms with E-state index < -0.39 is 12.0 Å². The number of amides is 1. The minimum absolute atomic E-state index is 0.141. The van der Waals surface area contributed by atoms with Crippen molar-refractivity contribution in [3.8, 4) is 0 Å². The van der Waals surface area contributed by atoms with Crippen LogP contribution in [0.15, 0.2) is 18.2 Å². The number of carbonyl (C=O) groups is 2. The number of nitrogens with one attached hydrogen (secondary N) is 1. The Kier molecular flexibility index (Phi) is 3.88. The van der Waals surface area contributed by atoms with Crippen molar-refractivity contribution in [1.29, 1.82) is 0 Å². The van der Waals surface area contributed by atoms with Crippen LogP contribution in [0.5, 0.6) is 0 Å². The number of carboxylic acid groups (broad SMARTS) is 1. The molecule has 0 aromatic heterocycles. The molecule has 0 saturated heterocycles. The van der Waals surface area contributed by atoms with Gasteiger partial charge in [0.15, 0.2) is 0 Å². The monoisotopic (exact) mass is 261 g/mol. The van der Waals surface area contributed by atoms with E-state index in [2.05, 4.69) is 5.32 Å². The van der Waals surface area contributed by atoms with Gasteiger partial charge in [0.05, 0.1) is 0 Å². The second-order valence-corrected chi connectivity index (χ2v) is 5.33. The largest absolute Gasteiger partial charge is 0.480 e. The summed E-state index contributed by atoms with van der Waals surface area (Å²) in [5.74, 6) is -1.41. The number of rotatable bonds is 4. The van der Waals surface area contributed by atoms with E-state index in [-0.39, 0.29) is 11.8 Å². The normalized spacial score (nSPS) is 15.1. The Morgan fingerprint density at radius 2 is 2.00 bits per heavy atom. The molecule has 4 heteroatoms. The molecule has 0 unspecified atom stereocenters. The van der Waals surface area contributed by atoms with Crippen molar-refractivity contribution < 1.29 is 14.7 Å². The van der Waals surface area contributed by atoms with Gasteiger partial charge in [-0.05, 0) is 42.4 Å². The number of fused-ring (bicyclic) bond motifs is 1. The fraction of sp³-hybridized carbons (Fsp3) is 0.467. The fourth-order valence-corrected chi connectivity index (χ4v) is 2.56. The predicted molar refractivity (Wildman–Crippen MR) is 72.2 cm³/mol. The summed E-state index contributed by atoms with van der Waals surface area (Å²) in [4.78, 5) is 23.4. The van der Waals surface area contributed by atoms with Gasteiger partial charge in [0.2, 0.25) is 0 Å². The third-order valence-corrected chi connectivity index (χ3v) is 3.61. The van der Waals surface area contributed by atoms with Crippen molar-refractivity contribution in [3.63, 3.8) is 0 Å². The second kappa shape index (κ2) is 5.43. The number of benzene rings is 1. The lowest BCUT2D eigenvalue weighted by atomic mass is 10.0. The molecule has 0 fully saturated rings. The summed E-state index contributed by atoms with van der Waals surface area (Å²) in [6.45, 7) is 3.57. The van der Waals surface area contributed by atoms with Crippen molar-refractivity contribution in [3.05, 3.63) is 34.9 Å². The van der Waals surface area contributed by atoms with Crippen LogP contribution in [0.4, 0.5) is 0 Å².